The van der Waals surface area contributed by atoms with Gasteiger partial charge in [-0.1, -0.05) is 24.3 Å². The zero-order chi connectivity index (χ0) is 12.1. The number of rotatable bonds is 0. The summed E-state index contributed by atoms with van der Waals surface area (Å²) in [6.07, 6.45) is 4.38. The van der Waals surface area contributed by atoms with Crippen LogP contribution < -0.4 is 0 Å². The number of nitrogens with zero attached hydrogens (tertiary/aromatic N) is 2. The van der Waals surface area contributed by atoms with E-state index in [9.17, 15) is 4.79 Å². The first kappa shape index (κ1) is 12.9. The summed E-state index contributed by atoms with van der Waals surface area (Å²) in [6, 6.07) is 9.37. The fourth-order valence-corrected chi connectivity index (χ4v) is 3.95. The molecular weight excluding hydrogens is 260 g/mol. The Labute approximate surface area is 120 Å². The van der Waals surface area contributed by atoms with Gasteiger partial charge < -0.3 is 4.90 Å². The number of carbonyl (C=O) groups excluding carboxylic acids is 1. The van der Waals surface area contributed by atoms with E-state index >= 15 is 0 Å². The fourth-order valence-electron chi connectivity index (χ4n) is 3.95. The minimum absolute atomic E-state index is 0. The van der Waals surface area contributed by atoms with Crippen molar-refractivity contribution < 1.29 is 4.79 Å². The first-order valence-corrected chi connectivity index (χ1v) is 6.97. The molecule has 1 aromatic rings. The van der Waals surface area contributed by atoms with Gasteiger partial charge in [0.05, 0.1) is 6.17 Å². The lowest BCUT2D eigenvalue weighted by Crippen LogP contribution is -2.54. The number of fused-ring (bicyclic) bond motifs is 5. The maximum atomic E-state index is 11.8. The largest absolute Gasteiger partial charge is 0.327 e. The summed E-state index contributed by atoms with van der Waals surface area (Å²) in [5, 5.41) is 0. The van der Waals surface area contributed by atoms with Gasteiger partial charge >= 0.3 is 0 Å². The van der Waals surface area contributed by atoms with Crippen LogP contribution in [-0.4, -0.2) is 35.0 Å². The first-order chi connectivity index (χ1) is 8.84. The van der Waals surface area contributed by atoms with Crippen LogP contribution in [0.25, 0.3) is 0 Å². The first-order valence-electron chi connectivity index (χ1n) is 6.97. The highest BCUT2D eigenvalue weighted by molar-refractivity contribution is 5.85. The molecule has 4 rings (SSSR count). The van der Waals surface area contributed by atoms with E-state index in [4.69, 9.17) is 0 Å². The molecule has 19 heavy (non-hydrogen) atoms. The molecule has 102 valence electrons. The Kier molecular flexibility index (Phi) is 3.27. The average molecular weight is 279 g/mol. The van der Waals surface area contributed by atoms with E-state index in [0.717, 1.165) is 38.8 Å². The van der Waals surface area contributed by atoms with E-state index < -0.39 is 0 Å². The molecule has 3 aliphatic heterocycles. The van der Waals surface area contributed by atoms with Gasteiger partial charge in [-0.05, 0) is 30.4 Å². The summed E-state index contributed by atoms with van der Waals surface area (Å²) in [7, 11) is 0. The molecule has 0 spiro atoms. The quantitative estimate of drug-likeness (QED) is 0.727. The molecule has 0 aliphatic carbocycles. The third kappa shape index (κ3) is 1.87. The van der Waals surface area contributed by atoms with Crippen LogP contribution in [0.2, 0.25) is 0 Å². The van der Waals surface area contributed by atoms with E-state index in [1.165, 1.54) is 11.1 Å². The molecule has 2 saturated heterocycles. The summed E-state index contributed by atoms with van der Waals surface area (Å²) >= 11 is 0. The zero-order valence-corrected chi connectivity index (χ0v) is 11.7. The van der Waals surface area contributed by atoms with Crippen LogP contribution in [0.5, 0.6) is 0 Å². The van der Waals surface area contributed by atoms with Crippen molar-refractivity contribution in [2.24, 2.45) is 0 Å². The number of carbonyl (C=O) groups is 1. The Morgan fingerprint density at radius 1 is 1.05 bits per heavy atom. The molecule has 2 unspecified atom stereocenters. The number of amides is 1. The molecule has 2 atom stereocenters. The highest BCUT2D eigenvalue weighted by atomic mass is 35.5. The fraction of sp³-hybridized carbons (Fsp3) is 0.533. The minimum atomic E-state index is 0. The predicted octanol–water partition coefficient (Wildman–Crippen LogP) is 2.36. The average Bonchev–Trinajstić information content (AvgIpc) is 2.80. The number of halogens is 1. The summed E-state index contributed by atoms with van der Waals surface area (Å²) < 4.78 is 0. The third-order valence-corrected chi connectivity index (χ3v) is 4.78. The van der Waals surface area contributed by atoms with Crippen molar-refractivity contribution in [3.8, 4) is 0 Å². The van der Waals surface area contributed by atoms with Gasteiger partial charge in [-0.3, -0.25) is 9.69 Å². The second-order valence-corrected chi connectivity index (χ2v) is 5.60. The minimum Gasteiger partial charge on any atom is -0.327 e. The molecule has 3 aliphatic rings. The summed E-state index contributed by atoms with van der Waals surface area (Å²) in [5.41, 5.74) is 3.01. The van der Waals surface area contributed by atoms with Crippen LogP contribution in [0.3, 0.4) is 0 Å². The van der Waals surface area contributed by atoms with E-state index in [1.54, 1.807) is 0 Å². The molecule has 0 aromatic heterocycles. The standard InChI is InChI=1S/C15H18N2O.ClH/c18-15-6-5-14-16-9-7-11-3-1-2-4-12(11)13(16)8-10-17(14)15;/h1-4,13-14H,5-10H2;1H. The molecule has 3 nitrogen and oxygen atoms in total. The molecule has 1 aromatic carbocycles. The van der Waals surface area contributed by atoms with Crippen molar-refractivity contribution >= 4 is 18.3 Å². The van der Waals surface area contributed by atoms with Gasteiger partial charge in [0.15, 0.2) is 0 Å². The van der Waals surface area contributed by atoms with Gasteiger partial charge in [-0.25, -0.2) is 0 Å². The second kappa shape index (κ2) is 4.80. The molecule has 3 heterocycles. The summed E-state index contributed by atoms with van der Waals surface area (Å²) in [4.78, 5) is 16.5. The number of hydrogen-bond acceptors (Lipinski definition) is 2. The summed E-state index contributed by atoms with van der Waals surface area (Å²) in [5.74, 6) is 0.359. The lowest BCUT2D eigenvalue weighted by atomic mass is 9.88. The van der Waals surface area contributed by atoms with Crippen molar-refractivity contribution in [2.75, 3.05) is 13.1 Å². The van der Waals surface area contributed by atoms with Crippen molar-refractivity contribution in [1.82, 2.24) is 9.80 Å². The highest BCUT2D eigenvalue weighted by Gasteiger charge is 2.43. The normalized spacial score (nSPS) is 29.3. The topological polar surface area (TPSA) is 23.6 Å². The third-order valence-electron chi connectivity index (χ3n) is 4.78. The smallest absolute Gasteiger partial charge is 0.223 e. The van der Waals surface area contributed by atoms with Gasteiger partial charge in [-0.2, -0.15) is 0 Å². The van der Waals surface area contributed by atoms with Crippen LogP contribution in [-0.2, 0) is 11.2 Å². The molecule has 2 fully saturated rings. The second-order valence-electron chi connectivity index (χ2n) is 5.60. The van der Waals surface area contributed by atoms with Crippen molar-refractivity contribution in [2.45, 2.75) is 37.9 Å². The van der Waals surface area contributed by atoms with Crippen molar-refractivity contribution in [1.29, 1.82) is 0 Å². The van der Waals surface area contributed by atoms with Crippen LogP contribution in [0.15, 0.2) is 24.3 Å². The van der Waals surface area contributed by atoms with Gasteiger partial charge in [-0.15, -0.1) is 12.4 Å². The maximum absolute atomic E-state index is 11.8. The van der Waals surface area contributed by atoms with Gasteiger partial charge in [0.2, 0.25) is 5.91 Å². The Morgan fingerprint density at radius 3 is 2.79 bits per heavy atom. The van der Waals surface area contributed by atoms with E-state index in [-0.39, 0.29) is 12.4 Å². The summed E-state index contributed by atoms with van der Waals surface area (Å²) in [6.45, 7) is 2.05. The molecular formula is C15H19ClN2O. The monoisotopic (exact) mass is 278 g/mol. The predicted molar refractivity (Wildman–Crippen MR) is 76.2 cm³/mol. The van der Waals surface area contributed by atoms with Crippen LogP contribution in [0.1, 0.15) is 36.4 Å². The number of benzene rings is 1. The van der Waals surface area contributed by atoms with E-state index in [2.05, 4.69) is 34.1 Å². The van der Waals surface area contributed by atoms with Crippen LogP contribution in [0, 0.1) is 0 Å². The van der Waals surface area contributed by atoms with Gasteiger partial charge in [0, 0.05) is 25.6 Å². The van der Waals surface area contributed by atoms with Crippen LogP contribution >= 0.6 is 12.4 Å². The number of hydrogen-bond donors (Lipinski definition) is 0. The Hall–Kier alpha value is -1.06. The van der Waals surface area contributed by atoms with Crippen molar-refractivity contribution in [3.63, 3.8) is 0 Å². The van der Waals surface area contributed by atoms with Crippen molar-refractivity contribution in [3.05, 3.63) is 35.4 Å². The molecule has 1 amide bonds. The van der Waals surface area contributed by atoms with Gasteiger partial charge in [0.1, 0.15) is 0 Å². The lowest BCUT2D eigenvalue weighted by molar-refractivity contribution is -0.135. The Balaban J connectivity index is 0.00000110. The molecule has 0 N–H and O–H groups in total. The maximum Gasteiger partial charge on any atom is 0.223 e. The van der Waals surface area contributed by atoms with E-state index in [0.29, 0.717) is 18.1 Å². The Morgan fingerprint density at radius 2 is 1.89 bits per heavy atom. The molecule has 0 bridgehead atoms. The molecule has 4 heteroatoms. The van der Waals surface area contributed by atoms with Crippen LogP contribution in [0.4, 0.5) is 0 Å². The van der Waals surface area contributed by atoms with Gasteiger partial charge in [0.25, 0.3) is 0 Å². The van der Waals surface area contributed by atoms with E-state index in [1.807, 2.05) is 0 Å². The molecule has 0 radical (unpaired) electrons. The highest BCUT2D eigenvalue weighted by Crippen LogP contribution is 2.40. The molecule has 0 saturated carbocycles. The Bertz CT molecular complexity index is 505. The lowest BCUT2D eigenvalue weighted by Gasteiger charge is -2.48. The SMILES string of the molecule is Cl.O=C1CCC2N1CCC1c3ccccc3CCN12. The zero-order valence-electron chi connectivity index (χ0n) is 10.9.